The van der Waals surface area contributed by atoms with Crippen molar-refractivity contribution in [2.24, 2.45) is 0 Å². The molecule has 17 heavy (non-hydrogen) atoms. The highest BCUT2D eigenvalue weighted by molar-refractivity contribution is 9.11. The second-order valence-corrected chi connectivity index (χ2v) is 5.33. The Kier molecular flexibility index (Phi) is 3.84. The number of fused-ring (bicyclic) bond motifs is 1. The molecule has 0 fully saturated rings. The minimum absolute atomic E-state index is 0.229. The van der Waals surface area contributed by atoms with Crippen molar-refractivity contribution in [3.05, 3.63) is 25.7 Å². The van der Waals surface area contributed by atoms with E-state index in [0.29, 0.717) is 26.1 Å². The molecular weight excluding hydrogens is 422 g/mol. The number of rotatable bonds is 2. The van der Waals surface area contributed by atoms with E-state index in [9.17, 15) is 4.79 Å². The second kappa shape index (κ2) is 5.03. The summed E-state index contributed by atoms with van der Waals surface area (Å²) < 4.78 is 8.33. The largest absolute Gasteiger partial charge is 0.461 e. The number of nitrogens with zero attached hydrogens (tertiary/aromatic N) is 3. The van der Waals surface area contributed by atoms with Crippen LogP contribution in [0.3, 0.4) is 0 Å². The van der Waals surface area contributed by atoms with E-state index in [1.165, 1.54) is 0 Å². The number of esters is 1. The van der Waals surface area contributed by atoms with Crippen molar-refractivity contribution in [3.8, 4) is 0 Å². The summed E-state index contributed by atoms with van der Waals surface area (Å²) in [6, 6.07) is 0. The van der Waals surface area contributed by atoms with Gasteiger partial charge in [0.15, 0.2) is 15.9 Å². The van der Waals surface area contributed by atoms with Gasteiger partial charge >= 0.3 is 5.97 Å². The van der Waals surface area contributed by atoms with Crippen molar-refractivity contribution in [3.63, 3.8) is 0 Å². The first-order valence-corrected chi connectivity index (χ1v) is 6.99. The third kappa shape index (κ3) is 2.38. The normalized spacial score (nSPS) is 10.8. The second-order valence-electron chi connectivity index (χ2n) is 3.02. The fraction of sp³-hybridized carbons (Fsp3) is 0.222. The number of hydrogen-bond donors (Lipinski definition) is 0. The van der Waals surface area contributed by atoms with Crippen molar-refractivity contribution in [1.82, 2.24) is 14.4 Å². The number of imidazole rings is 1. The van der Waals surface area contributed by atoms with E-state index in [1.807, 2.05) is 0 Å². The van der Waals surface area contributed by atoms with Gasteiger partial charge < -0.3 is 4.74 Å². The number of halogens is 3. The fourth-order valence-electron chi connectivity index (χ4n) is 1.28. The standard InChI is InChI=1S/C9H6Br3N3O2/c1-2-17-9(16)5-7(12)15-3-4(10)13-6(11)8(15)14-5/h3H,2H2,1H3. The van der Waals surface area contributed by atoms with Gasteiger partial charge in [0.05, 0.1) is 6.61 Å². The molecule has 2 aromatic heterocycles. The molecule has 0 saturated heterocycles. The van der Waals surface area contributed by atoms with E-state index in [4.69, 9.17) is 4.74 Å². The number of hydrogen-bond acceptors (Lipinski definition) is 4. The molecule has 0 saturated carbocycles. The first kappa shape index (κ1) is 13.0. The van der Waals surface area contributed by atoms with Crippen LogP contribution in [0.1, 0.15) is 17.4 Å². The lowest BCUT2D eigenvalue weighted by molar-refractivity contribution is 0.0519. The highest BCUT2D eigenvalue weighted by atomic mass is 79.9. The molecule has 0 N–H and O–H groups in total. The SMILES string of the molecule is CCOC(=O)c1nc2c(Br)nc(Br)cn2c1Br. The molecule has 2 rings (SSSR count). The third-order valence-electron chi connectivity index (χ3n) is 1.95. The van der Waals surface area contributed by atoms with Crippen molar-refractivity contribution in [2.75, 3.05) is 6.61 Å². The summed E-state index contributed by atoms with van der Waals surface area (Å²) in [7, 11) is 0. The Balaban J connectivity index is 2.64. The summed E-state index contributed by atoms with van der Waals surface area (Å²) >= 11 is 9.87. The van der Waals surface area contributed by atoms with Gasteiger partial charge in [-0.3, -0.25) is 4.40 Å². The average molecular weight is 428 g/mol. The number of carbonyl (C=O) groups is 1. The summed E-state index contributed by atoms with van der Waals surface area (Å²) in [5, 5.41) is 0. The van der Waals surface area contributed by atoms with E-state index in [1.54, 1.807) is 17.5 Å². The molecule has 0 aliphatic heterocycles. The predicted octanol–water partition coefficient (Wildman–Crippen LogP) is 3.19. The lowest BCUT2D eigenvalue weighted by Crippen LogP contribution is -2.05. The van der Waals surface area contributed by atoms with Crippen LogP contribution in [0.25, 0.3) is 5.65 Å². The molecule has 0 aliphatic rings. The zero-order valence-corrected chi connectivity index (χ0v) is 13.3. The minimum atomic E-state index is -0.467. The van der Waals surface area contributed by atoms with Crippen LogP contribution in [0, 0.1) is 0 Å². The first-order valence-electron chi connectivity index (χ1n) is 4.61. The van der Waals surface area contributed by atoms with Crippen molar-refractivity contribution in [2.45, 2.75) is 6.92 Å². The van der Waals surface area contributed by atoms with E-state index >= 15 is 0 Å². The van der Waals surface area contributed by atoms with Crippen LogP contribution in [-0.2, 0) is 4.74 Å². The van der Waals surface area contributed by atoms with Gasteiger partial charge in [-0.2, -0.15) is 0 Å². The Bertz CT molecular complexity index is 597. The number of aromatic nitrogens is 3. The average Bonchev–Trinajstić information content (AvgIpc) is 2.57. The molecule has 0 aromatic carbocycles. The topological polar surface area (TPSA) is 56.5 Å². The lowest BCUT2D eigenvalue weighted by Gasteiger charge is -1.98. The Labute approximate surface area is 122 Å². The summed E-state index contributed by atoms with van der Waals surface area (Å²) in [5.41, 5.74) is 0.774. The Morgan fingerprint density at radius 3 is 2.76 bits per heavy atom. The smallest absolute Gasteiger partial charge is 0.359 e. The molecular formula is C9H6Br3N3O2. The van der Waals surface area contributed by atoms with Crippen LogP contribution in [0.15, 0.2) is 20.0 Å². The molecule has 2 heterocycles. The van der Waals surface area contributed by atoms with E-state index < -0.39 is 5.97 Å². The third-order valence-corrected chi connectivity index (χ3v) is 3.62. The predicted molar refractivity (Wildman–Crippen MR) is 72.0 cm³/mol. The van der Waals surface area contributed by atoms with E-state index in [2.05, 4.69) is 57.8 Å². The van der Waals surface area contributed by atoms with Gasteiger partial charge in [-0.1, -0.05) is 0 Å². The van der Waals surface area contributed by atoms with Crippen molar-refractivity contribution < 1.29 is 9.53 Å². The maximum Gasteiger partial charge on any atom is 0.359 e. The molecule has 0 radical (unpaired) electrons. The summed E-state index contributed by atoms with van der Waals surface area (Å²) in [6.45, 7) is 2.05. The maximum atomic E-state index is 11.7. The molecule has 0 spiro atoms. The molecule has 0 amide bonds. The van der Waals surface area contributed by atoms with Gasteiger partial charge in [0.2, 0.25) is 0 Å². The van der Waals surface area contributed by atoms with Gasteiger partial charge in [-0.15, -0.1) is 0 Å². The van der Waals surface area contributed by atoms with Gasteiger partial charge in [0.25, 0.3) is 0 Å². The highest BCUT2D eigenvalue weighted by Gasteiger charge is 2.20. The molecule has 8 heteroatoms. The Morgan fingerprint density at radius 1 is 1.41 bits per heavy atom. The maximum absolute atomic E-state index is 11.7. The first-order chi connectivity index (χ1) is 8.04. The van der Waals surface area contributed by atoms with Crippen LogP contribution in [0.5, 0.6) is 0 Å². The van der Waals surface area contributed by atoms with Gasteiger partial charge in [-0.05, 0) is 54.7 Å². The van der Waals surface area contributed by atoms with Crippen LogP contribution >= 0.6 is 47.8 Å². The molecule has 0 bridgehead atoms. The molecule has 0 unspecified atom stereocenters. The lowest BCUT2D eigenvalue weighted by atomic mass is 10.5. The van der Waals surface area contributed by atoms with Crippen molar-refractivity contribution in [1.29, 1.82) is 0 Å². The zero-order valence-electron chi connectivity index (χ0n) is 8.58. The summed E-state index contributed by atoms with van der Waals surface area (Å²) in [6.07, 6.45) is 1.71. The minimum Gasteiger partial charge on any atom is -0.461 e. The molecule has 2 aromatic rings. The van der Waals surface area contributed by atoms with Gasteiger partial charge in [0.1, 0.15) is 9.21 Å². The Hall–Kier alpha value is -0.470. The molecule has 5 nitrogen and oxygen atoms in total. The summed E-state index contributed by atoms with van der Waals surface area (Å²) in [5.74, 6) is -0.467. The van der Waals surface area contributed by atoms with Crippen LogP contribution in [0.4, 0.5) is 0 Å². The van der Waals surface area contributed by atoms with Gasteiger partial charge in [-0.25, -0.2) is 14.8 Å². The van der Waals surface area contributed by atoms with E-state index in [-0.39, 0.29) is 5.69 Å². The number of ether oxygens (including phenoxy) is 1. The van der Waals surface area contributed by atoms with Crippen LogP contribution in [0.2, 0.25) is 0 Å². The van der Waals surface area contributed by atoms with Crippen LogP contribution < -0.4 is 0 Å². The zero-order chi connectivity index (χ0) is 12.6. The van der Waals surface area contributed by atoms with Crippen LogP contribution in [-0.4, -0.2) is 26.9 Å². The van der Waals surface area contributed by atoms with Gasteiger partial charge in [0, 0.05) is 6.20 Å². The summed E-state index contributed by atoms with van der Waals surface area (Å²) in [4.78, 5) is 20.0. The highest BCUT2D eigenvalue weighted by Crippen LogP contribution is 2.25. The molecule has 0 atom stereocenters. The molecule has 90 valence electrons. The monoisotopic (exact) mass is 425 g/mol. The quantitative estimate of drug-likeness (QED) is 0.691. The Morgan fingerprint density at radius 2 is 2.12 bits per heavy atom. The van der Waals surface area contributed by atoms with E-state index in [0.717, 1.165) is 0 Å². The number of carbonyl (C=O) groups excluding carboxylic acids is 1. The molecule has 0 aliphatic carbocycles. The van der Waals surface area contributed by atoms with Crippen molar-refractivity contribution >= 4 is 59.4 Å². The fourth-order valence-corrected chi connectivity index (χ4v) is 2.90.